The number of hydrogen-bond acceptors (Lipinski definition) is 3. The fourth-order valence-electron chi connectivity index (χ4n) is 3.81. The fourth-order valence-corrected chi connectivity index (χ4v) is 4.43. The van der Waals surface area contributed by atoms with E-state index in [1.165, 1.54) is 17.4 Å². The number of carboxylic acids is 1. The van der Waals surface area contributed by atoms with Gasteiger partial charge >= 0.3 is 5.97 Å². The van der Waals surface area contributed by atoms with Crippen LogP contribution >= 0.6 is 11.3 Å². The van der Waals surface area contributed by atoms with Crippen LogP contribution in [0.15, 0.2) is 90.6 Å². The first kappa shape index (κ1) is 22.4. The first-order valence-corrected chi connectivity index (χ1v) is 11.4. The van der Waals surface area contributed by atoms with Gasteiger partial charge in [0, 0.05) is 17.8 Å². The molecule has 0 fully saturated rings. The van der Waals surface area contributed by atoms with E-state index in [0.717, 1.165) is 50.8 Å². The number of carboxylic acid groups (broad SMARTS) is 1. The molecular formula is C28H22FNO2S. The molecule has 0 saturated heterocycles. The molecule has 3 aromatic carbocycles. The Morgan fingerprint density at radius 2 is 1.79 bits per heavy atom. The number of aromatic nitrogens is 1. The van der Waals surface area contributed by atoms with Crippen molar-refractivity contribution >= 4 is 34.5 Å². The van der Waals surface area contributed by atoms with Crippen LogP contribution in [0.5, 0.6) is 0 Å². The van der Waals surface area contributed by atoms with E-state index < -0.39 is 5.97 Å². The summed E-state index contributed by atoms with van der Waals surface area (Å²) in [5.74, 6) is -1.30. The van der Waals surface area contributed by atoms with Crippen molar-refractivity contribution in [3.8, 4) is 10.4 Å². The van der Waals surface area contributed by atoms with Gasteiger partial charge in [0.1, 0.15) is 5.82 Å². The van der Waals surface area contributed by atoms with E-state index >= 15 is 4.39 Å². The smallest absolute Gasteiger partial charge is 0.328 e. The minimum atomic E-state index is -1.000. The summed E-state index contributed by atoms with van der Waals surface area (Å²) in [7, 11) is 0. The Kier molecular flexibility index (Phi) is 6.91. The predicted octanol–water partition coefficient (Wildman–Crippen LogP) is 7.42. The van der Waals surface area contributed by atoms with Crippen LogP contribution in [0.25, 0.3) is 27.7 Å². The monoisotopic (exact) mass is 455 g/mol. The van der Waals surface area contributed by atoms with Gasteiger partial charge < -0.3 is 5.11 Å². The van der Waals surface area contributed by atoms with Crippen LogP contribution in [-0.4, -0.2) is 16.1 Å². The molecule has 0 bridgehead atoms. The molecule has 0 aliphatic heterocycles. The lowest BCUT2D eigenvalue weighted by Gasteiger charge is -2.17. The molecular weight excluding hydrogens is 433 g/mol. The second-order valence-electron chi connectivity index (χ2n) is 7.43. The molecule has 4 rings (SSSR count). The number of nitrogens with zero attached hydrogens (tertiary/aromatic N) is 1. The van der Waals surface area contributed by atoms with Crippen LogP contribution in [0, 0.1) is 5.82 Å². The number of aliphatic carboxylic acids is 1. The van der Waals surface area contributed by atoms with E-state index in [9.17, 15) is 4.79 Å². The highest BCUT2D eigenvalue weighted by atomic mass is 32.1. The quantitative estimate of drug-likeness (QED) is 0.233. The molecule has 4 aromatic rings. The molecule has 0 unspecified atom stereocenters. The Balaban J connectivity index is 1.87. The number of benzene rings is 3. The molecule has 0 radical (unpaired) electrons. The number of allylic oxidation sites excluding steroid dienone is 1. The third-order valence-corrected chi connectivity index (χ3v) is 6.17. The Hall–Kier alpha value is -3.83. The van der Waals surface area contributed by atoms with Gasteiger partial charge in [0.2, 0.25) is 0 Å². The molecule has 0 atom stereocenters. The van der Waals surface area contributed by atoms with Crippen molar-refractivity contribution in [3.05, 3.63) is 119 Å². The van der Waals surface area contributed by atoms with Gasteiger partial charge in [0.05, 0.1) is 10.4 Å². The van der Waals surface area contributed by atoms with Crippen molar-refractivity contribution in [1.29, 1.82) is 0 Å². The Labute approximate surface area is 196 Å². The maximum absolute atomic E-state index is 15.6. The third kappa shape index (κ3) is 5.16. The highest BCUT2D eigenvalue weighted by Crippen LogP contribution is 2.37. The number of halogens is 1. The normalized spacial score (nSPS) is 12.1. The van der Waals surface area contributed by atoms with Crippen molar-refractivity contribution in [3.63, 3.8) is 0 Å². The summed E-state index contributed by atoms with van der Waals surface area (Å²) < 4.78 is 15.6. The van der Waals surface area contributed by atoms with Crippen molar-refractivity contribution < 1.29 is 14.3 Å². The number of rotatable bonds is 7. The van der Waals surface area contributed by atoms with Gasteiger partial charge in [-0.15, -0.1) is 11.3 Å². The second kappa shape index (κ2) is 10.2. The first-order chi connectivity index (χ1) is 16.1. The average Bonchev–Trinajstić information content (AvgIpc) is 3.38. The van der Waals surface area contributed by atoms with Crippen molar-refractivity contribution in [2.24, 2.45) is 0 Å². The maximum Gasteiger partial charge on any atom is 0.328 e. The van der Waals surface area contributed by atoms with E-state index in [0.29, 0.717) is 5.56 Å². The molecule has 0 saturated carbocycles. The topological polar surface area (TPSA) is 50.2 Å². The van der Waals surface area contributed by atoms with Gasteiger partial charge in [-0.05, 0) is 52.0 Å². The zero-order valence-electron chi connectivity index (χ0n) is 18.0. The van der Waals surface area contributed by atoms with Crippen LogP contribution in [0.4, 0.5) is 4.39 Å². The molecule has 3 nitrogen and oxygen atoms in total. The molecule has 164 valence electrons. The van der Waals surface area contributed by atoms with Crippen LogP contribution in [0.2, 0.25) is 0 Å². The van der Waals surface area contributed by atoms with Crippen LogP contribution in [0.1, 0.15) is 35.6 Å². The number of thiazole rings is 1. The zero-order valence-corrected chi connectivity index (χ0v) is 18.9. The lowest BCUT2D eigenvalue weighted by Crippen LogP contribution is -1.98. The predicted molar refractivity (Wildman–Crippen MR) is 133 cm³/mol. The molecule has 33 heavy (non-hydrogen) atoms. The SMILES string of the molecule is CC/C(=C(/c1ccc(/C=C/C(=O)O)cc1)c1ccc(-c2cncs2)cc1F)c1ccccc1. The lowest BCUT2D eigenvalue weighted by atomic mass is 9.87. The number of carbonyl (C=O) groups is 1. The van der Waals surface area contributed by atoms with Gasteiger partial charge in [0.15, 0.2) is 0 Å². The first-order valence-electron chi connectivity index (χ1n) is 10.6. The van der Waals surface area contributed by atoms with Gasteiger partial charge in [0.25, 0.3) is 0 Å². The Bertz CT molecular complexity index is 1310. The van der Waals surface area contributed by atoms with Gasteiger partial charge in [-0.25, -0.2) is 9.18 Å². The minimum absolute atomic E-state index is 0.298. The van der Waals surface area contributed by atoms with Gasteiger partial charge in [-0.2, -0.15) is 0 Å². The van der Waals surface area contributed by atoms with Crippen LogP contribution in [0.3, 0.4) is 0 Å². The lowest BCUT2D eigenvalue weighted by molar-refractivity contribution is -0.131. The largest absolute Gasteiger partial charge is 0.478 e. The van der Waals surface area contributed by atoms with E-state index in [-0.39, 0.29) is 5.82 Å². The summed E-state index contributed by atoms with van der Waals surface area (Å²) in [6, 6.07) is 22.8. The second-order valence-corrected chi connectivity index (χ2v) is 8.31. The summed E-state index contributed by atoms with van der Waals surface area (Å²) in [5.41, 5.74) is 7.59. The highest BCUT2D eigenvalue weighted by molar-refractivity contribution is 7.13. The molecule has 0 spiro atoms. The summed E-state index contributed by atoms with van der Waals surface area (Å²) in [6.45, 7) is 2.07. The van der Waals surface area contributed by atoms with Crippen molar-refractivity contribution in [2.45, 2.75) is 13.3 Å². The standard InChI is InChI=1S/C28H22FNO2S/c1-2-23(20-6-4-3-5-7-20)28(21-11-8-19(9-12-21)10-15-27(31)32)24-14-13-22(16-25(24)29)26-17-30-18-33-26/h3-18H,2H2,1H3,(H,31,32)/b15-10+,28-23+. The van der Waals surface area contributed by atoms with Crippen molar-refractivity contribution in [1.82, 2.24) is 4.98 Å². The van der Waals surface area contributed by atoms with Gasteiger partial charge in [-0.3, -0.25) is 4.98 Å². The molecule has 0 aliphatic rings. The molecule has 1 N–H and O–H groups in total. The Morgan fingerprint density at radius 1 is 1.03 bits per heavy atom. The third-order valence-electron chi connectivity index (χ3n) is 5.35. The van der Waals surface area contributed by atoms with Crippen LogP contribution < -0.4 is 0 Å². The van der Waals surface area contributed by atoms with E-state index in [4.69, 9.17) is 5.11 Å². The van der Waals surface area contributed by atoms with Crippen molar-refractivity contribution in [2.75, 3.05) is 0 Å². The molecule has 1 aromatic heterocycles. The maximum atomic E-state index is 15.6. The number of hydrogen-bond donors (Lipinski definition) is 1. The Morgan fingerprint density at radius 3 is 2.39 bits per heavy atom. The summed E-state index contributed by atoms with van der Waals surface area (Å²) in [6.07, 6.45) is 5.10. The molecule has 5 heteroatoms. The average molecular weight is 456 g/mol. The van der Waals surface area contributed by atoms with Crippen LogP contribution in [-0.2, 0) is 4.79 Å². The van der Waals surface area contributed by atoms with E-state index in [1.54, 1.807) is 17.8 Å². The summed E-state index contributed by atoms with van der Waals surface area (Å²) in [5, 5.41) is 8.88. The minimum Gasteiger partial charge on any atom is -0.478 e. The fraction of sp³-hybridized carbons (Fsp3) is 0.0714. The molecule has 0 amide bonds. The molecule has 0 aliphatic carbocycles. The van der Waals surface area contributed by atoms with E-state index in [1.807, 2.05) is 66.7 Å². The summed E-state index contributed by atoms with van der Waals surface area (Å²) >= 11 is 1.47. The van der Waals surface area contributed by atoms with Gasteiger partial charge in [-0.1, -0.05) is 73.7 Å². The highest BCUT2D eigenvalue weighted by Gasteiger charge is 2.17. The summed E-state index contributed by atoms with van der Waals surface area (Å²) in [4.78, 5) is 15.8. The zero-order chi connectivity index (χ0) is 23.2. The van der Waals surface area contributed by atoms with E-state index in [2.05, 4.69) is 11.9 Å². The molecule has 1 heterocycles.